The van der Waals surface area contributed by atoms with Crippen LogP contribution in [0.4, 0.5) is 0 Å². The van der Waals surface area contributed by atoms with Gasteiger partial charge in [-0.1, -0.05) is 0 Å². The molecule has 2 unspecified atom stereocenters. The molecule has 0 spiro atoms. The Morgan fingerprint density at radius 3 is 2.67 bits per heavy atom. The molecule has 0 aliphatic carbocycles. The molecule has 2 nitrogen and oxygen atoms in total. The van der Waals surface area contributed by atoms with Gasteiger partial charge in [-0.15, -0.1) is 0 Å². The number of halogens is 1. The Morgan fingerprint density at radius 2 is 2.22 bits per heavy atom. The quantitative estimate of drug-likeness (QED) is 0.508. The molecule has 54 valence electrons. The number of β-amino-alcohol motifs (C(OH)–C–C–N with tert-alkyl or cyclic N) is 1. The number of hydrogen-bond donors (Lipinski definition) is 1. The molecule has 0 aromatic heterocycles. The van der Waals surface area contributed by atoms with Crippen LogP contribution in [0.15, 0.2) is 0 Å². The maximum absolute atomic E-state index is 9.15. The normalized spacial score (nSPS) is 39.0. The molecular weight excluding hydrogens is 229 g/mol. The molecule has 3 heteroatoms. The van der Waals surface area contributed by atoms with Gasteiger partial charge in [-0.2, -0.15) is 0 Å². The zero-order chi connectivity index (χ0) is 6.85. The standard InChI is InChI=1S/C6H12INO/c1-5-2-3-6(9)4-8(5)7/h5-6,9H,2-4H2,1H3. The second-order valence-electron chi connectivity index (χ2n) is 2.66. The predicted molar refractivity (Wildman–Crippen MR) is 45.4 cm³/mol. The third-order valence-corrected chi connectivity index (χ3v) is 3.13. The summed E-state index contributed by atoms with van der Waals surface area (Å²) in [6, 6.07) is 0.647. The molecule has 1 saturated heterocycles. The van der Waals surface area contributed by atoms with Crippen molar-refractivity contribution in [1.29, 1.82) is 0 Å². The summed E-state index contributed by atoms with van der Waals surface area (Å²) in [4.78, 5) is 0. The second-order valence-corrected chi connectivity index (χ2v) is 3.90. The predicted octanol–water partition coefficient (Wildman–Crippen LogP) is 1.18. The Hall–Kier alpha value is 0.650. The lowest BCUT2D eigenvalue weighted by molar-refractivity contribution is 0.0989. The molecule has 9 heavy (non-hydrogen) atoms. The third kappa shape index (κ3) is 2.05. The molecule has 2 atom stereocenters. The van der Waals surface area contributed by atoms with E-state index in [0.717, 1.165) is 19.4 Å². The number of piperidine rings is 1. The highest BCUT2D eigenvalue weighted by Gasteiger charge is 2.21. The van der Waals surface area contributed by atoms with Crippen LogP contribution in [0.2, 0.25) is 0 Å². The summed E-state index contributed by atoms with van der Waals surface area (Å²) in [5, 5.41) is 9.15. The lowest BCUT2D eigenvalue weighted by atomic mass is 10.0. The largest absolute Gasteiger partial charge is 0.392 e. The first-order valence-corrected chi connectivity index (χ1v) is 4.27. The molecule has 1 heterocycles. The zero-order valence-corrected chi connectivity index (χ0v) is 7.71. The van der Waals surface area contributed by atoms with Gasteiger partial charge >= 0.3 is 0 Å². The van der Waals surface area contributed by atoms with Crippen molar-refractivity contribution in [3.63, 3.8) is 0 Å². The van der Waals surface area contributed by atoms with Crippen molar-refractivity contribution >= 4 is 22.9 Å². The lowest BCUT2D eigenvalue weighted by Crippen LogP contribution is -2.37. The highest BCUT2D eigenvalue weighted by Crippen LogP contribution is 2.19. The molecule has 1 aliphatic rings. The van der Waals surface area contributed by atoms with E-state index >= 15 is 0 Å². The third-order valence-electron chi connectivity index (χ3n) is 1.78. The summed E-state index contributed by atoms with van der Waals surface area (Å²) in [5.41, 5.74) is 0. The maximum atomic E-state index is 9.15. The van der Waals surface area contributed by atoms with Crippen molar-refractivity contribution in [2.45, 2.75) is 31.9 Å². The molecule has 0 amide bonds. The molecule has 0 bridgehead atoms. The van der Waals surface area contributed by atoms with Gasteiger partial charge < -0.3 is 5.11 Å². The fourth-order valence-corrected chi connectivity index (χ4v) is 1.78. The van der Waals surface area contributed by atoms with Crippen LogP contribution in [0.5, 0.6) is 0 Å². The fraction of sp³-hybridized carbons (Fsp3) is 1.00. The number of nitrogens with zero attached hydrogens (tertiary/aromatic N) is 1. The van der Waals surface area contributed by atoms with Crippen LogP contribution in [0.3, 0.4) is 0 Å². The highest BCUT2D eigenvalue weighted by molar-refractivity contribution is 14.1. The zero-order valence-electron chi connectivity index (χ0n) is 5.55. The van der Waals surface area contributed by atoms with Gasteiger partial charge in [0, 0.05) is 35.5 Å². The van der Waals surface area contributed by atoms with E-state index < -0.39 is 0 Å². The van der Waals surface area contributed by atoms with Gasteiger partial charge in [0.05, 0.1) is 6.10 Å². The second kappa shape index (κ2) is 3.16. The Morgan fingerprint density at radius 1 is 1.56 bits per heavy atom. The Labute approximate surface area is 69.7 Å². The molecule has 0 radical (unpaired) electrons. The molecule has 1 rings (SSSR count). The average molecular weight is 241 g/mol. The maximum Gasteiger partial charge on any atom is 0.0676 e. The van der Waals surface area contributed by atoms with Crippen LogP contribution in [0.25, 0.3) is 0 Å². The molecule has 0 saturated carbocycles. The Kier molecular flexibility index (Phi) is 2.73. The summed E-state index contributed by atoms with van der Waals surface area (Å²) in [5.74, 6) is 0. The highest BCUT2D eigenvalue weighted by atomic mass is 127. The fourth-order valence-electron chi connectivity index (χ4n) is 1.05. The van der Waals surface area contributed by atoms with Crippen LogP contribution in [-0.4, -0.2) is 26.9 Å². The SMILES string of the molecule is CC1CCC(O)CN1I. The van der Waals surface area contributed by atoms with Gasteiger partial charge in [0.25, 0.3) is 0 Å². The van der Waals surface area contributed by atoms with Crippen LogP contribution in [0, 0.1) is 0 Å². The van der Waals surface area contributed by atoms with Gasteiger partial charge in [0.2, 0.25) is 0 Å². The average Bonchev–Trinajstić information content (AvgIpc) is 1.80. The minimum absolute atomic E-state index is 0.0851. The topological polar surface area (TPSA) is 23.5 Å². The van der Waals surface area contributed by atoms with E-state index in [2.05, 4.69) is 32.9 Å². The van der Waals surface area contributed by atoms with Gasteiger partial charge in [-0.05, 0) is 19.8 Å². The van der Waals surface area contributed by atoms with Crippen LogP contribution < -0.4 is 0 Å². The van der Waals surface area contributed by atoms with Crippen LogP contribution in [-0.2, 0) is 0 Å². The van der Waals surface area contributed by atoms with Crippen molar-refractivity contribution in [3.8, 4) is 0 Å². The summed E-state index contributed by atoms with van der Waals surface area (Å²) in [6.07, 6.45) is 2.02. The molecular formula is C6H12INO. The molecule has 0 aromatic rings. The van der Waals surface area contributed by atoms with E-state index in [1.165, 1.54) is 0 Å². The molecule has 1 N–H and O–H groups in total. The van der Waals surface area contributed by atoms with Gasteiger partial charge in [0.1, 0.15) is 0 Å². The smallest absolute Gasteiger partial charge is 0.0676 e. The first-order chi connectivity index (χ1) is 4.20. The minimum Gasteiger partial charge on any atom is -0.392 e. The van der Waals surface area contributed by atoms with Crippen molar-refractivity contribution < 1.29 is 5.11 Å². The van der Waals surface area contributed by atoms with E-state index in [0.29, 0.717) is 6.04 Å². The van der Waals surface area contributed by atoms with E-state index in [-0.39, 0.29) is 6.10 Å². The van der Waals surface area contributed by atoms with Crippen LogP contribution >= 0.6 is 22.9 Å². The van der Waals surface area contributed by atoms with Gasteiger partial charge in [-0.3, -0.25) is 0 Å². The summed E-state index contributed by atoms with van der Waals surface area (Å²) in [7, 11) is 0. The van der Waals surface area contributed by atoms with Crippen molar-refractivity contribution in [2.24, 2.45) is 0 Å². The van der Waals surface area contributed by atoms with Crippen LogP contribution in [0.1, 0.15) is 19.8 Å². The van der Waals surface area contributed by atoms with E-state index in [1.807, 2.05) is 0 Å². The molecule has 1 fully saturated rings. The summed E-state index contributed by atoms with van der Waals surface area (Å²) < 4.78 is 2.17. The Balaban J connectivity index is 2.35. The lowest BCUT2D eigenvalue weighted by Gasteiger charge is -2.30. The van der Waals surface area contributed by atoms with E-state index in [9.17, 15) is 0 Å². The summed E-state index contributed by atoms with van der Waals surface area (Å²) >= 11 is 2.27. The first-order valence-electron chi connectivity index (χ1n) is 3.30. The van der Waals surface area contributed by atoms with E-state index in [1.54, 1.807) is 0 Å². The van der Waals surface area contributed by atoms with E-state index in [4.69, 9.17) is 5.11 Å². The van der Waals surface area contributed by atoms with Crippen molar-refractivity contribution in [1.82, 2.24) is 3.11 Å². The number of hydrogen-bond acceptors (Lipinski definition) is 2. The Bertz CT molecular complexity index is 99.1. The first kappa shape index (κ1) is 7.75. The van der Waals surface area contributed by atoms with Crippen molar-refractivity contribution in [2.75, 3.05) is 6.54 Å². The molecule has 0 aromatic carbocycles. The molecule has 1 aliphatic heterocycles. The number of aliphatic hydroxyl groups excluding tert-OH is 1. The summed E-state index contributed by atoms with van der Waals surface area (Å²) in [6.45, 7) is 3.03. The monoisotopic (exact) mass is 241 g/mol. The number of rotatable bonds is 0. The minimum atomic E-state index is -0.0851. The number of aliphatic hydroxyl groups is 1. The van der Waals surface area contributed by atoms with Gasteiger partial charge in [0.15, 0.2) is 0 Å². The van der Waals surface area contributed by atoms with Crippen molar-refractivity contribution in [3.05, 3.63) is 0 Å². The van der Waals surface area contributed by atoms with Gasteiger partial charge in [-0.25, -0.2) is 3.11 Å².